The van der Waals surface area contributed by atoms with Crippen molar-refractivity contribution in [3.05, 3.63) is 63.1 Å². The summed E-state index contributed by atoms with van der Waals surface area (Å²) in [5.41, 5.74) is 0.687. The second-order valence-corrected chi connectivity index (χ2v) is 11.4. The van der Waals surface area contributed by atoms with E-state index in [0.717, 1.165) is 10.6 Å². The summed E-state index contributed by atoms with van der Waals surface area (Å²) in [4.78, 5) is 27.6. The second kappa shape index (κ2) is 12.1. The molecule has 0 aliphatic rings. The Bertz CT molecular complexity index is 1120. The van der Waals surface area contributed by atoms with E-state index in [1.807, 2.05) is 13.8 Å². The van der Waals surface area contributed by atoms with Crippen molar-refractivity contribution in [3.63, 3.8) is 0 Å². The highest BCUT2D eigenvalue weighted by molar-refractivity contribution is 7.92. The Balaban J connectivity index is 2.43. The number of nitrogens with one attached hydrogen (secondary N) is 1. The molecule has 0 fully saturated rings. The maximum atomic E-state index is 13.5. The average Bonchev–Trinajstić information content (AvgIpc) is 2.74. The van der Waals surface area contributed by atoms with Gasteiger partial charge in [0.1, 0.15) is 12.6 Å². The minimum atomic E-state index is -3.85. The highest BCUT2D eigenvalue weighted by Gasteiger charge is 2.31. The average molecular weight is 549 g/mol. The Morgan fingerprint density at radius 1 is 1.00 bits per heavy atom. The molecule has 0 bridgehead atoms. The number of anilines is 1. The summed E-state index contributed by atoms with van der Waals surface area (Å²) in [5.74, 6) is -0.769. The standard InChI is InChI=1S/C23H28Cl3N3O4S/c1-15(2)12-27-23(31)16(3)28(13-19-20(25)9-6-10-21(19)26)22(30)14-29(34(4,32)33)18-8-5-7-17(24)11-18/h5-11,15-16H,12-14H2,1-4H3,(H,27,31)/t16-/m0/s1. The molecular weight excluding hydrogens is 521 g/mol. The summed E-state index contributed by atoms with van der Waals surface area (Å²) in [7, 11) is -3.85. The number of hydrogen-bond donors (Lipinski definition) is 1. The van der Waals surface area contributed by atoms with Gasteiger partial charge in [-0.2, -0.15) is 0 Å². The normalized spacial score (nSPS) is 12.4. The number of sulfonamides is 1. The Hall–Kier alpha value is -2.00. The van der Waals surface area contributed by atoms with Gasteiger partial charge in [0.15, 0.2) is 0 Å². The maximum absolute atomic E-state index is 13.5. The van der Waals surface area contributed by atoms with Gasteiger partial charge in [0.2, 0.25) is 21.8 Å². The molecule has 0 saturated heterocycles. The van der Waals surface area contributed by atoms with E-state index in [1.54, 1.807) is 37.3 Å². The molecule has 1 atom stereocenters. The first kappa shape index (κ1) is 28.2. The van der Waals surface area contributed by atoms with Crippen LogP contribution in [0.25, 0.3) is 0 Å². The first-order valence-electron chi connectivity index (χ1n) is 10.5. The van der Waals surface area contributed by atoms with Crippen LogP contribution in [-0.2, 0) is 26.2 Å². The third-order valence-electron chi connectivity index (χ3n) is 5.02. The molecule has 0 radical (unpaired) electrons. The molecule has 7 nitrogen and oxygen atoms in total. The lowest BCUT2D eigenvalue weighted by Crippen LogP contribution is -2.51. The number of hydrogen-bond acceptors (Lipinski definition) is 4. The van der Waals surface area contributed by atoms with Crippen LogP contribution in [0.3, 0.4) is 0 Å². The third-order valence-corrected chi connectivity index (χ3v) is 7.10. The fourth-order valence-electron chi connectivity index (χ4n) is 3.13. The predicted molar refractivity (Wildman–Crippen MR) is 138 cm³/mol. The summed E-state index contributed by atoms with van der Waals surface area (Å²) in [5, 5.41) is 3.78. The summed E-state index contributed by atoms with van der Waals surface area (Å²) in [6, 6.07) is 10.2. The Morgan fingerprint density at radius 3 is 2.12 bits per heavy atom. The Morgan fingerprint density at radius 2 is 1.59 bits per heavy atom. The van der Waals surface area contributed by atoms with E-state index in [-0.39, 0.29) is 24.1 Å². The Kier molecular flexibility index (Phi) is 10.1. The molecule has 0 aliphatic heterocycles. The van der Waals surface area contributed by atoms with E-state index in [2.05, 4.69) is 5.32 Å². The second-order valence-electron chi connectivity index (χ2n) is 8.29. The van der Waals surface area contributed by atoms with Crippen LogP contribution in [0.1, 0.15) is 26.3 Å². The topological polar surface area (TPSA) is 86.8 Å². The monoisotopic (exact) mass is 547 g/mol. The van der Waals surface area contributed by atoms with Gasteiger partial charge < -0.3 is 10.2 Å². The van der Waals surface area contributed by atoms with Gasteiger partial charge in [0.05, 0.1) is 11.9 Å². The van der Waals surface area contributed by atoms with Crippen LogP contribution in [0.15, 0.2) is 42.5 Å². The van der Waals surface area contributed by atoms with E-state index < -0.39 is 28.5 Å². The molecule has 0 saturated carbocycles. The van der Waals surface area contributed by atoms with E-state index in [0.29, 0.717) is 27.2 Å². The zero-order valence-electron chi connectivity index (χ0n) is 19.4. The molecule has 0 spiro atoms. The van der Waals surface area contributed by atoms with Gasteiger partial charge in [-0.3, -0.25) is 13.9 Å². The van der Waals surface area contributed by atoms with Crippen LogP contribution in [0.2, 0.25) is 15.1 Å². The minimum Gasteiger partial charge on any atom is -0.354 e. The molecule has 1 N–H and O–H groups in total. The number of amides is 2. The summed E-state index contributed by atoms with van der Waals surface area (Å²) < 4.78 is 26.0. The van der Waals surface area contributed by atoms with Crippen molar-refractivity contribution in [2.24, 2.45) is 5.92 Å². The third kappa shape index (κ3) is 7.77. The summed E-state index contributed by atoms with van der Waals surface area (Å²) in [6.45, 7) is 5.28. The lowest BCUT2D eigenvalue weighted by atomic mass is 10.1. The molecular formula is C23H28Cl3N3O4S. The van der Waals surface area contributed by atoms with E-state index in [1.165, 1.54) is 17.0 Å². The smallest absolute Gasteiger partial charge is 0.244 e. The van der Waals surface area contributed by atoms with Crippen molar-refractivity contribution >= 4 is 62.3 Å². The number of rotatable bonds is 10. The van der Waals surface area contributed by atoms with Crippen LogP contribution in [0, 0.1) is 5.92 Å². The van der Waals surface area contributed by atoms with E-state index in [4.69, 9.17) is 34.8 Å². The zero-order chi connectivity index (χ0) is 25.6. The van der Waals surface area contributed by atoms with Crippen molar-refractivity contribution in [1.29, 1.82) is 0 Å². The van der Waals surface area contributed by atoms with Gasteiger partial charge in [0, 0.05) is 33.7 Å². The van der Waals surface area contributed by atoms with Crippen LogP contribution >= 0.6 is 34.8 Å². The molecule has 2 amide bonds. The van der Waals surface area contributed by atoms with Gasteiger partial charge in [-0.15, -0.1) is 0 Å². The molecule has 2 aromatic carbocycles. The van der Waals surface area contributed by atoms with Crippen molar-refractivity contribution in [2.75, 3.05) is 23.7 Å². The molecule has 0 aromatic heterocycles. The van der Waals surface area contributed by atoms with Gasteiger partial charge in [-0.05, 0) is 43.2 Å². The van der Waals surface area contributed by atoms with Gasteiger partial charge in [-0.25, -0.2) is 8.42 Å². The van der Waals surface area contributed by atoms with E-state index >= 15 is 0 Å². The molecule has 2 aromatic rings. The summed E-state index contributed by atoms with van der Waals surface area (Å²) >= 11 is 18.7. The highest BCUT2D eigenvalue weighted by Crippen LogP contribution is 2.27. The number of carbonyl (C=O) groups is 2. The van der Waals surface area contributed by atoms with Crippen LogP contribution in [-0.4, -0.2) is 50.5 Å². The van der Waals surface area contributed by atoms with Gasteiger partial charge >= 0.3 is 0 Å². The molecule has 11 heteroatoms. The lowest BCUT2D eigenvalue weighted by Gasteiger charge is -2.32. The van der Waals surface area contributed by atoms with Crippen molar-refractivity contribution < 1.29 is 18.0 Å². The van der Waals surface area contributed by atoms with E-state index in [9.17, 15) is 18.0 Å². The Labute approximate surface area is 216 Å². The van der Waals surface area contributed by atoms with Crippen LogP contribution in [0.4, 0.5) is 5.69 Å². The predicted octanol–water partition coefficient (Wildman–Crippen LogP) is 4.60. The minimum absolute atomic E-state index is 0.0826. The van der Waals surface area contributed by atoms with Crippen molar-refractivity contribution in [3.8, 4) is 0 Å². The maximum Gasteiger partial charge on any atom is 0.244 e. The fourth-order valence-corrected chi connectivity index (χ4v) is 4.68. The van der Waals surface area contributed by atoms with Crippen LogP contribution < -0.4 is 9.62 Å². The molecule has 2 rings (SSSR count). The number of nitrogens with zero attached hydrogens (tertiary/aromatic N) is 2. The number of carbonyl (C=O) groups excluding carboxylic acids is 2. The molecule has 186 valence electrons. The van der Waals surface area contributed by atoms with Crippen LogP contribution in [0.5, 0.6) is 0 Å². The SMILES string of the molecule is CC(C)CNC(=O)[C@H](C)N(Cc1c(Cl)cccc1Cl)C(=O)CN(c1cccc(Cl)c1)S(C)(=O)=O. The first-order valence-corrected chi connectivity index (χ1v) is 13.5. The zero-order valence-corrected chi connectivity index (χ0v) is 22.5. The largest absolute Gasteiger partial charge is 0.354 e. The molecule has 34 heavy (non-hydrogen) atoms. The number of halogens is 3. The molecule has 0 aliphatic carbocycles. The van der Waals surface area contributed by atoms with Crippen molar-refractivity contribution in [1.82, 2.24) is 10.2 Å². The van der Waals surface area contributed by atoms with Gasteiger partial charge in [-0.1, -0.05) is 60.8 Å². The summed E-state index contributed by atoms with van der Waals surface area (Å²) in [6.07, 6.45) is 0.995. The quantitative estimate of drug-likeness (QED) is 0.470. The number of benzene rings is 2. The molecule has 0 unspecified atom stereocenters. The van der Waals surface area contributed by atoms with Crippen molar-refractivity contribution in [2.45, 2.75) is 33.4 Å². The fraction of sp³-hybridized carbons (Fsp3) is 0.391. The lowest BCUT2D eigenvalue weighted by molar-refractivity contribution is -0.139. The first-order chi connectivity index (χ1) is 15.8. The van der Waals surface area contributed by atoms with Gasteiger partial charge in [0.25, 0.3) is 0 Å². The highest BCUT2D eigenvalue weighted by atomic mass is 35.5. The molecule has 0 heterocycles.